The predicted molar refractivity (Wildman–Crippen MR) is 110 cm³/mol. The molecule has 0 spiro atoms. The van der Waals surface area contributed by atoms with Crippen LogP contribution in [0.4, 0.5) is 0 Å². The minimum absolute atomic E-state index is 0. The van der Waals surface area contributed by atoms with Crippen LogP contribution in [0.2, 0.25) is 0 Å². The third-order valence-corrected chi connectivity index (χ3v) is 6.16. The van der Waals surface area contributed by atoms with Crippen LogP contribution in [-0.2, 0) is 0 Å². The normalized spacial score (nSPS) is 11.4. The lowest BCUT2D eigenvalue weighted by Gasteiger charge is -2.28. The van der Waals surface area contributed by atoms with Crippen LogP contribution < -0.4 is 5.73 Å². The summed E-state index contributed by atoms with van der Waals surface area (Å²) in [6, 6.07) is 12.0. The minimum Gasteiger partial charge on any atom is -0.340 e. The molecule has 0 saturated heterocycles. The summed E-state index contributed by atoms with van der Waals surface area (Å²) in [7, 11) is 1.83. The first-order valence-corrected chi connectivity index (χ1v) is 9.44. The SMILES string of the molecule is CN(CC(C)(C)CN)C(=O)c1ccc(-c2nc3ccccc3s2)s1.Cl. The summed E-state index contributed by atoms with van der Waals surface area (Å²) in [6.45, 7) is 5.32. The van der Waals surface area contributed by atoms with Crippen molar-refractivity contribution in [3.05, 3.63) is 41.3 Å². The number of para-hydroxylation sites is 1. The molecule has 3 aromatic rings. The van der Waals surface area contributed by atoms with E-state index in [1.165, 1.54) is 11.3 Å². The molecule has 4 nitrogen and oxygen atoms in total. The van der Waals surface area contributed by atoms with E-state index < -0.39 is 0 Å². The Morgan fingerprint density at radius 2 is 1.92 bits per heavy atom. The van der Waals surface area contributed by atoms with E-state index in [2.05, 4.69) is 24.9 Å². The van der Waals surface area contributed by atoms with Crippen LogP contribution in [0.5, 0.6) is 0 Å². The fourth-order valence-electron chi connectivity index (χ4n) is 2.51. The van der Waals surface area contributed by atoms with E-state index >= 15 is 0 Å². The van der Waals surface area contributed by atoms with E-state index in [0.29, 0.717) is 13.1 Å². The fourth-order valence-corrected chi connectivity index (χ4v) is 4.53. The standard InChI is InChI=1S/C18H21N3OS2.ClH/c1-18(2,10-19)11-21(3)17(22)15-9-8-14(23-15)16-20-12-6-4-5-7-13(12)24-16;/h4-9H,10-11,19H2,1-3H3;1H. The van der Waals surface area contributed by atoms with E-state index in [9.17, 15) is 4.79 Å². The average molecular weight is 396 g/mol. The van der Waals surface area contributed by atoms with Crippen molar-refractivity contribution in [2.45, 2.75) is 13.8 Å². The molecule has 0 aliphatic carbocycles. The smallest absolute Gasteiger partial charge is 0.263 e. The highest BCUT2D eigenvalue weighted by Crippen LogP contribution is 2.34. The number of nitrogens with two attached hydrogens (primary N) is 1. The van der Waals surface area contributed by atoms with E-state index in [-0.39, 0.29) is 23.7 Å². The summed E-state index contributed by atoms with van der Waals surface area (Å²) in [4.78, 5) is 20.8. The van der Waals surface area contributed by atoms with Gasteiger partial charge in [0.25, 0.3) is 5.91 Å². The molecular weight excluding hydrogens is 374 g/mol. The van der Waals surface area contributed by atoms with Crippen molar-refractivity contribution in [3.8, 4) is 9.88 Å². The molecule has 7 heteroatoms. The Labute approximate surface area is 162 Å². The number of nitrogens with zero attached hydrogens (tertiary/aromatic N) is 2. The van der Waals surface area contributed by atoms with Crippen LogP contribution in [0.25, 0.3) is 20.1 Å². The Bertz CT molecular complexity index is 839. The van der Waals surface area contributed by atoms with Crippen LogP contribution in [0.3, 0.4) is 0 Å². The van der Waals surface area contributed by atoms with Crippen LogP contribution in [-0.4, -0.2) is 35.9 Å². The molecule has 25 heavy (non-hydrogen) atoms. The molecule has 0 aliphatic heterocycles. The second-order valence-electron chi connectivity index (χ2n) is 6.68. The lowest BCUT2D eigenvalue weighted by atomic mass is 9.93. The topological polar surface area (TPSA) is 59.2 Å². The number of fused-ring (bicyclic) bond motifs is 1. The zero-order valence-electron chi connectivity index (χ0n) is 14.5. The highest BCUT2D eigenvalue weighted by Gasteiger charge is 2.23. The van der Waals surface area contributed by atoms with Crippen LogP contribution in [0.15, 0.2) is 36.4 Å². The largest absolute Gasteiger partial charge is 0.340 e. The van der Waals surface area contributed by atoms with Crippen molar-refractivity contribution >= 4 is 51.2 Å². The number of hydrogen-bond acceptors (Lipinski definition) is 5. The van der Waals surface area contributed by atoms with Gasteiger partial charge in [-0.1, -0.05) is 26.0 Å². The minimum atomic E-state index is -0.0858. The Balaban J connectivity index is 0.00000225. The average Bonchev–Trinajstić information content (AvgIpc) is 3.20. The quantitative estimate of drug-likeness (QED) is 0.691. The molecule has 2 heterocycles. The molecule has 0 unspecified atom stereocenters. The number of amides is 1. The van der Waals surface area contributed by atoms with Gasteiger partial charge in [0, 0.05) is 13.6 Å². The summed E-state index contributed by atoms with van der Waals surface area (Å²) < 4.78 is 1.16. The number of benzene rings is 1. The van der Waals surface area contributed by atoms with Crippen molar-refractivity contribution in [1.82, 2.24) is 9.88 Å². The lowest BCUT2D eigenvalue weighted by Crippen LogP contribution is -2.39. The van der Waals surface area contributed by atoms with Gasteiger partial charge in [-0.15, -0.1) is 35.1 Å². The lowest BCUT2D eigenvalue weighted by molar-refractivity contribution is 0.0745. The molecule has 1 amide bonds. The maximum absolute atomic E-state index is 12.6. The summed E-state index contributed by atoms with van der Waals surface area (Å²) in [6.07, 6.45) is 0. The van der Waals surface area contributed by atoms with Crippen molar-refractivity contribution in [2.75, 3.05) is 20.1 Å². The van der Waals surface area contributed by atoms with Crippen LogP contribution in [0, 0.1) is 5.41 Å². The van der Waals surface area contributed by atoms with Gasteiger partial charge in [-0.3, -0.25) is 4.79 Å². The number of halogens is 1. The predicted octanol–water partition coefficient (Wildman–Crippen LogP) is 4.50. The first kappa shape index (κ1) is 19.8. The molecule has 134 valence electrons. The van der Waals surface area contributed by atoms with Gasteiger partial charge >= 0.3 is 0 Å². The van der Waals surface area contributed by atoms with Gasteiger partial charge in [-0.05, 0) is 36.2 Å². The summed E-state index contributed by atoms with van der Waals surface area (Å²) in [5.74, 6) is 0.0360. The highest BCUT2D eigenvalue weighted by atomic mass is 35.5. The van der Waals surface area contributed by atoms with Crippen LogP contribution >= 0.6 is 35.1 Å². The van der Waals surface area contributed by atoms with Gasteiger partial charge in [0.05, 0.1) is 20.0 Å². The number of carbonyl (C=O) groups is 1. The van der Waals surface area contributed by atoms with Gasteiger partial charge in [-0.2, -0.15) is 0 Å². The van der Waals surface area contributed by atoms with Crippen LogP contribution in [0.1, 0.15) is 23.5 Å². The molecule has 0 saturated carbocycles. The Morgan fingerprint density at radius 3 is 2.60 bits per heavy atom. The maximum atomic E-state index is 12.6. The van der Waals surface area contributed by atoms with E-state index in [4.69, 9.17) is 5.73 Å². The van der Waals surface area contributed by atoms with Gasteiger partial charge in [0.1, 0.15) is 5.01 Å². The number of rotatable bonds is 5. The van der Waals surface area contributed by atoms with Crippen molar-refractivity contribution in [1.29, 1.82) is 0 Å². The van der Waals surface area contributed by atoms with E-state index in [1.54, 1.807) is 16.2 Å². The number of aromatic nitrogens is 1. The number of carbonyl (C=O) groups excluding carboxylic acids is 1. The molecule has 2 aromatic heterocycles. The molecule has 3 rings (SSSR count). The van der Waals surface area contributed by atoms with E-state index in [0.717, 1.165) is 25.0 Å². The molecule has 0 atom stereocenters. The number of hydrogen-bond donors (Lipinski definition) is 1. The second-order valence-corrected chi connectivity index (χ2v) is 8.79. The molecular formula is C18H22ClN3OS2. The van der Waals surface area contributed by atoms with Crippen molar-refractivity contribution in [2.24, 2.45) is 11.1 Å². The number of thiophene rings is 1. The summed E-state index contributed by atoms with van der Waals surface area (Å²) >= 11 is 3.15. The highest BCUT2D eigenvalue weighted by molar-refractivity contribution is 7.26. The van der Waals surface area contributed by atoms with Gasteiger partial charge in [0.2, 0.25) is 0 Å². The zero-order valence-corrected chi connectivity index (χ0v) is 16.9. The Kier molecular flexibility index (Phi) is 6.21. The molecule has 1 aromatic carbocycles. The van der Waals surface area contributed by atoms with E-state index in [1.807, 2.05) is 37.4 Å². The fraction of sp³-hybridized carbons (Fsp3) is 0.333. The first-order chi connectivity index (χ1) is 11.4. The molecule has 0 aliphatic rings. The molecule has 0 radical (unpaired) electrons. The third kappa shape index (κ3) is 4.39. The van der Waals surface area contributed by atoms with Gasteiger partial charge in [0.15, 0.2) is 0 Å². The van der Waals surface area contributed by atoms with Gasteiger partial charge in [-0.25, -0.2) is 4.98 Å². The zero-order chi connectivity index (χ0) is 17.3. The van der Waals surface area contributed by atoms with Crippen molar-refractivity contribution < 1.29 is 4.79 Å². The molecule has 0 fully saturated rings. The summed E-state index contributed by atoms with van der Waals surface area (Å²) in [5, 5.41) is 0.963. The molecule has 2 N–H and O–H groups in total. The van der Waals surface area contributed by atoms with Gasteiger partial charge < -0.3 is 10.6 Å². The number of thiazole rings is 1. The second kappa shape index (κ2) is 7.83. The maximum Gasteiger partial charge on any atom is 0.263 e. The Hall–Kier alpha value is -1.47. The third-order valence-electron chi connectivity index (χ3n) is 3.89. The summed E-state index contributed by atoms with van der Waals surface area (Å²) in [5.41, 5.74) is 6.68. The molecule has 0 bridgehead atoms. The monoisotopic (exact) mass is 395 g/mol. The first-order valence-electron chi connectivity index (χ1n) is 7.81. The Morgan fingerprint density at radius 1 is 1.20 bits per heavy atom. The van der Waals surface area contributed by atoms with Crippen molar-refractivity contribution in [3.63, 3.8) is 0 Å².